The summed E-state index contributed by atoms with van der Waals surface area (Å²) >= 11 is 0.709. The van der Waals surface area contributed by atoms with Crippen LogP contribution in [0, 0.1) is 0 Å². The van der Waals surface area contributed by atoms with E-state index in [2.05, 4.69) is 15.0 Å². The molecule has 0 spiro atoms. The molecule has 0 radical (unpaired) electrons. The van der Waals surface area contributed by atoms with Crippen molar-refractivity contribution in [3.05, 3.63) is 22.6 Å². The van der Waals surface area contributed by atoms with Crippen LogP contribution in [0.15, 0.2) is 11.4 Å². The molecular weight excluding hydrogens is 512 g/mol. The van der Waals surface area contributed by atoms with Gasteiger partial charge in [-0.25, -0.2) is 9.78 Å². The van der Waals surface area contributed by atoms with Gasteiger partial charge in [0.25, 0.3) is 5.91 Å². The van der Waals surface area contributed by atoms with Gasteiger partial charge in [-0.2, -0.15) is 13.2 Å². The number of likely N-dealkylation sites (tertiary alicyclic amines) is 1. The molecule has 0 unspecified atom stereocenters. The quantitative estimate of drug-likeness (QED) is 0.432. The van der Waals surface area contributed by atoms with E-state index in [4.69, 9.17) is 14.2 Å². The molecule has 9 nitrogen and oxygen atoms in total. The first-order valence-electron chi connectivity index (χ1n) is 9.87. The van der Waals surface area contributed by atoms with Crippen LogP contribution in [0.2, 0.25) is 0 Å². The van der Waals surface area contributed by atoms with Crippen LogP contribution in [-0.4, -0.2) is 80.9 Å². The summed E-state index contributed by atoms with van der Waals surface area (Å²) in [6, 6.07) is 0.689. The number of nitrogens with zero attached hydrogens (tertiary/aromatic N) is 2. The number of carbonyl (C=O) groups excluding carboxylic acids is 2. The van der Waals surface area contributed by atoms with Crippen molar-refractivity contribution in [2.24, 2.45) is 0 Å². The second-order valence-electron chi connectivity index (χ2n) is 7.16. The smallest absolute Gasteiger partial charge is 0.470 e. The fourth-order valence-corrected chi connectivity index (χ4v) is 4.34. The summed E-state index contributed by atoms with van der Waals surface area (Å²) in [5.74, 6) is -1.08. The summed E-state index contributed by atoms with van der Waals surface area (Å²) in [5, 5.41) is 3.58. The lowest BCUT2D eigenvalue weighted by atomic mass is 10.2. The Bertz CT molecular complexity index is 1080. The first-order chi connectivity index (χ1) is 16.3. The number of nitrogens with one attached hydrogen (secondary N) is 1. The van der Waals surface area contributed by atoms with E-state index < -0.39 is 61.4 Å². The first-order valence-corrected chi connectivity index (χ1v) is 10.8. The molecule has 0 aliphatic carbocycles. The summed E-state index contributed by atoms with van der Waals surface area (Å²) in [6.45, 7) is -1.89. The minimum absolute atomic E-state index is 0.0653. The van der Waals surface area contributed by atoms with E-state index >= 15 is 0 Å². The van der Waals surface area contributed by atoms with Gasteiger partial charge in [0.05, 0.1) is 41.0 Å². The summed E-state index contributed by atoms with van der Waals surface area (Å²) in [4.78, 5) is 29.4. The molecule has 2 amide bonds. The molecule has 35 heavy (non-hydrogen) atoms. The van der Waals surface area contributed by atoms with Crippen molar-refractivity contribution in [1.29, 1.82) is 0 Å². The molecule has 1 aliphatic heterocycles. The van der Waals surface area contributed by atoms with Crippen molar-refractivity contribution in [3.8, 4) is 5.88 Å². The van der Waals surface area contributed by atoms with Gasteiger partial charge in [0.1, 0.15) is 18.8 Å². The maximum atomic E-state index is 13.7. The molecule has 3 heterocycles. The van der Waals surface area contributed by atoms with Crippen molar-refractivity contribution in [3.63, 3.8) is 0 Å². The number of alkyl halides is 6. The van der Waals surface area contributed by atoms with Crippen LogP contribution in [0.25, 0.3) is 10.2 Å². The second-order valence-corrected chi connectivity index (χ2v) is 8.04. The number of pyridine rings is 1. The maximum absolute atomic E-state index is 13.7. The number of carbonyl (C=O) groups is 2. The van der Waals surface area contributed by atoms with Crippen molar-refractivity contribution >= 4 is 33.6 Å². The molecule has 194 valence electrons. The molecule has 1 saturated heterocycles. The largest absolute Gasteiger partial charge is 0.522 e. The van der Waals surface area contributed by atoms with Crippen molar-refractivity contribution < 1.29 is 54.9 Å². The number of aromatic nitrogens is 1. The van der Waals surface area contributed by atoms with Crippen LogP contribution in [-0.2, 0) is 20.4 Å². The number of hydrogen-bond acceptors (Lipinski definition) is 8. The van der Waals surface area contributed by atoms with Crippen molar-refractivity contribution in [2.45, 2.75) is 24.7 Å². The number of halogens is 6. The highest BCUT2D eigenvalue weighted by molar-refractivity contribution is 7.17. The van der Waals surface area contributed by atoms with Crippen LogP contribution < -0.4 is 10.1 Å². The van der Waals surface area contributed by atoms with Gasteiger partial charge in [-0.15, -0.1) is 24.5 Å². The van der Waals surface area contributed by atoms with E-state index in [1.54, 1.807) is 0 Å². The van der Waals surface area contributed by atoms with E-state index in [-0.39, 0.29) is 28.9 Å². The number of thiophene rings is 1. The fourth-order valence-electron chi connectivity index (χ4n) is 3.32. The number of rotatable bonds is 7. The summed E-state index contributed by atoms with van der Waals surface area (Å²) in [7, 11) is 2.61. The molecule has 0 saturated carbocycles. The van der Waals surface area contributed by atoms with E-state index in [1.165, 1.54) is 19.5 Å². The second kappa shape index (κ2) is 10.4. The van der Waals surface area contributed by atoms with Crippen LogP contribution >= 0.6 is 11.3 Å². The lowest BCUT2D eigenvalue weighted by molar-refractivity contribution is -0.326. The minimum Gasteiger partial charge on any atom is -0.470 e. The molecule has 1 fully saturated rings. The highest BCUT2D eigenvalue weighted by Crippen LogP contribution is 2.40. The number of hydrogen-bond donors (Lipinski definition) is 1. The Morgan fingerprint density at radius 3 is 2.46 bits per heavy atom. The molecule has 16 heteroatoms. The number of ether oxygens (including phenoxy) is 4. The molecule has 0 bridgehead atoms. The third-order valence-electron chi connectivity index (χ3n) is 4.90. The van der Waals surface area contributed by atoms with E-state index in [1.807, 2.05) is 0 Å². The zero-order valence-electron chi connectivity index (χ0n) is 18.2. The van der Waals surface area contributed by atoms with Gasteiger partial charge in [0.15, 0.2) is 0 Å². The monoisotopic (exact) mass is 531 g/mol. The standard InChI is InChI=1S/C19H19F6N3O6S/c1-26-16(29)9-8-35-15-10(18(20,21)22)5-13(27-14(9)15)34-12-7-28(6-11(12)31-2)17(30)32-3-4-33-19(23,24)25/h5,8,11-12H,3-4,6-7H2,1-2H3,(H,26,29)/t11-,12-/m1/s1. The molecular formula is C19H19F6N3O6S. The average Bonchev–Trinajstić information content (AvgIpc) is 3.38. The van der Waals surface area contributed by atoms with Gasteiger partial charge in [0, 0.05) is 25.6 Å². The summed E-state index contributed by atoms with van der Waals surface area (Å²) < 4.78 is 95.9. The zero-order chi connectivity index (χ0) is 26.0. The van der Waals surface area contributed by atoms with Gasteiger partial charge in [0.2, 0.25) is 5.88 Å². The Morgan fingerprint density at radius 2 is 1.86 bits per heavy atom. The van der Waals surface area contributed by atoms with Crippen molar-refractivity contribution in [2.75, 3.05) is 40.5 Å². The average molecular weight is 531 g/mol. The Kier molecular flexibility index (Phi) is 7.96. The highest BCUT2D eigenvalue weighted by Gasteiger charge is 2.40. The van der Waals surface area contributed by atoms with Crippen LogP contribution in [0.1, 0.15) is 15.9 Å². The maximum Gasteiger partial charge on any atom is 0.522 e. The van der Waals surface area contributed by atoms with Crippen LogP contribution in [0.4, 0.5) is 31.1 Å². The lowest BCUT2D eigenvalue weighted by Gasteiger charge is -2.19. The Balaban J connectivity index is 1.78. The number of methoxy groups -OCH3 is 1. The Hall–Kier alpha value is -2.85. The van der Waals surface area contributed by atoms with Crippen LogP contribution in [0.3, 0.4) is 0 Å². The minimum atomic E-state index is -4.87. The van der Waals surface area contributed by atoms with Gasteiger partial charge in [-0.05, 0) is 0 Å². The highest BCUT2D eigenvalue weighted by atomic mass is 32.1. The zero-order valence-corrected chi connectivity index (χ0v) is 19.0. The third kappa shape index (κ3) is 6.43. The van der Waals surface area contributed by atoms with Crippen molar-refractivity contribution in [1.82, 2.24) is 15.2 Å². The SMILES string of the molecule is CNC(=O)c1csc2c(C(F)(F)F)cc(O[C@@H]3CN(C(=O)OCCOC(F)(F)F)C[C@H]3OC)nc12. The molecule has 1 aliphatic rings. The topological polar surface area (TPSA) is 99.2 Å². The molecule has 2 aromatic heterocycles. The van der Waals surface area contributed by atoms with Crippen LogP contribution in [0.5, 0.6) is 5.88 Å². The van der Waals surface area contributed by atoms with E-state index in [0.717, 1.165) is 4.90 Å². The Morgan fingerprint density at radius 1 is 1.17 bits per heavy atom. The van der Waals surface area contributed by atoms with Gasteiger partial charge < -0.3 is 24.4 Å². The van der Waals surface area contributed by atoms with Gasteiger partial charge >= 0.3 is 18.6 Å². The Labute approximate surface area is 197 Å². The normalized spacial score (nSPS) is 18.7. The first kappa shape index (κ1) is 26.7. The molecule has 0 aromatic carbocycles. The van der Waals surface area contributed by atoms with E-state index in [9.17, 15) is 35.9 Å². The summed E-state index contributed by atoms with van der Waals surface area (Å²) in [5.41, 5.74) is -1.32. The molecule has 3 rings (SSSR count). The molecule has 2 atom stereocenters. The predicted molar refractivity (Wildman–Crippen MR) is 108 cm³/mol. The summed E-state index contributed by atoms with van der Waals surface area (Å²) in [6.07, 6.45) is -12.4. The fraction of sp³-hybridized carbons (Fsp3) is 0.526. The number of amides is 2. The predicted octanol–water partition coefficient (Wildman–Crippen LogP) is 3.43. The van der Waals surface area contributed by atoms with Gasteiger partial charge in [-0.1, -0.05) is 0 Å². The van der Waals surface area contributed by atoms with Gasteiger partial charge in [-0.3, -0.25) is 9.53 Å². The lowest BCUT2D eigenvalue weighted by Crippen LogP contribution is -2.33. The number of fused-ring (bicyclic) bond motifs is 1. The molecule has 1 N–H and O–H groups in total. The third-order valence-corrected chi connectivity index (χ3v) is 5.90. The van der Waals surface area contributed by atoms with E-state index in [0.29, 0.717) is 17.4 Å². The molecule has 2 aromatic rings.